The van der Waals surface area contributed by atoms with E-state index in [-0.39, 0.29) is 5.82 Å². The Labute approximate surface area is 108 Å². The Morgan fingerprint density at radius 3 is 2.56 bits per heavy atom. The van der Waals surface area contributed by atoms with Crippen molar-refractivity contribution in [3.05, 3.63) is 60.0 Å². The summed E-state index contributed by atoms with van der Waals surface area (Å²) in [5.41, 5.74) is 1.20. The molecule has 1 fully saturated rings. The number of piperidine rings is 1. The molecule has 1 saturated heterocycles. The second-order valence-electron chi connectivity index (χ2n) is 5.25. The van der Waals surface area contributed by atoms with Gasteiger partial charge in [-0.15, -0.1) is 0 Å². The first-order valence-electron chi connectivity index (χ1n) is 6.63. The lowest BCUT2D eigenvalue weighted by atomic mass is 9.82. The minimum atomic E-state index is -0.155. The zero-order chi connectivity index (χ0) is 12.4. The average Bonchev–Trinajstić information content (AvgIpc) is 2.41. The monoisotopic (exact) mass is 243 g/mol. The van der Waals surface area contributed by atoms with E-state index in [0.717, 1.165) is 25.6 Å². The van der Waals surface area contributed by atoms with Crippen LogP contribution in [0.4, 0.5) is 4.39 Å². The summed E-state index contributed by atoms with van der Waals surface area (Å²) in [6.07, 6.45) is 10.2. The van der Waals surface area contributed by atoms with Crippen molar-refractivity contribution in [2.45, 2.75) is 13.0 Å². The van der Waals surface area contributed by atoms with Crippen molar-refractivity contribution in [1.29, 1.82) is 0 Å². The van der Waals surface area contributed by atoms with Crippen LogP contribution in [0, 0.1) is 17.7 Å². The summed E-state index contributed by atoms with van der Waals surface area (Å²) in [4.78, 5) is 2.47. The first-order valence-corrected chi connectivity index (χ1v) is 6.63. The molecule has 0 aromatic heterocycles. The van der Waals surface area contributed by atoms with Crippen LogP contribution < -0.4 is 0 Å². The molecule has 1 nitrogen and oxygen atoms in total. The summed E-state index contributed by atoms with van der Waals surface area (Å²) in [5, 5.41) is 0. The van der Waals surface area contributed by atoms with Gasteiger partial charge in [-0.05, 0) is 42.5 Å². The van der Waals surface area contributed by atoms with Crippen LogP contribution in [0.15, 0.2) is 48.6 Å². The van der Waals surface area contributed by atoms with Gasteiger partial charge in [0.05, 0.1) is 0 Å². The number of benzene rings is 1. The zero-order valence-corrected chi connectivity index (χ0v) is 10.4. The molecule has 2 unspecified atom stereocenters. The van der Waals surface area contributed by atoms with E-state index in [9.17, 15) is 4.39 Å². The Morgan fingerprint density at radius 1 is 1.06 bits per heavy atom. The van der Waals surface area contributed by atoms with Crippen molar-refractivity contribution in [1.82, 2.24) is 4.90 Å². The fourth-order valence-electron chi connectivity index (χ4n) is 2.92. The average molecular weight is 243 g/mol. The Hall–Kier alpha value is -1.41. The van der Waals surface area contributed by atoms with E-state index in [0.29, 0.717) is 5.92 Å². The van der Waals surface area contributed by atoms with Crippen molar-refractivity contribution < 1.29 is 4.39 Å². The van der Waals surface area contributed by atoms with Gasteiger partial charge >= 0.3 is 0 Å². The van der Waals surface area contributed by atoms with E-state index in [1.54, 1.807) is 12.1 Å². The van der Waals surface area contributed by atoms with E-state index in [1.165, 1.54) is 12.0 Å². The van der Waals surface area contributed by atoms with Crippen LogP contribution in [0.5, 0.6) is 0 Å². The molecule has 18 heavy (non-hydrogen) atoms. The smallest absolute Gasteiger partial charge is 0.123 e. The van der Waals surface area contributed by atoms with Crippen LogP contribution in [0.25, 0.3) is 0 Å². The van der Waals surface area contributed by atoms with Crippen LogP contribution in [0.1, 0.15) is 12.0 Å². The van der Waals surface area contributed by atoms with Gasteiger partial charge < -0.3 is 0 Å². The van der Waals surface area contributed by atoms with Gasteiger partial charge in [-0.25, -0.2) is 4.39 Å². The van der Waals surface area contributed by atoms with Crippen molar-refractivity contribution in [3.8, 4) is 0 Å². The normalized spacial score (nSPS) is 27.2. The van der Waals surface area contributed by atoms with Crippen molar-refractivity contribution in [2.24, 2.45) is 11.8 Å². The van der Waals surface area contributed by atoms with Gasteiger partial charge in [-0.3, -0.25) is 4.90 Å². The highest BCUT2D eigenvalue weighted by atomic mass is 19.1. The van der Waals surface area contributed by atoms with Gasteiger partial charge in [0.1, 0.15) is 5.82 Å². The van der Waals surface area contributed by atoms with Crippen LogP contribution in [-0.2, 0) is 6.54 Å². The van der Waals surface area contributed by atoms with E-state index in [2.05, 4.69) is 29.2 Å². The molecule has 0 radical (unpaired) electrons. The molecule has 2 aliphatic rings. The quantitative estimate of drug-likeness (QED) is 0.769. The van der Waals surface area contributed by atoms with Gasteiger partial charge in [0, 0.05) is 13.1 Å². The van der Waals surface area contributed by atoms with E-state index in [4.69, 9.17) is 0 Å². The molecule has 0 saturated carbocycles. The molecule has 0 bridgehead atoms. The number of halogens is 1. The van der Waals surface area contributed by atoms with Crippen LogP contribution in [0.2, 0.25) is 0 Å². The molecule has 0 N–H and O–H groups in total. The maximum atomic E-state index is 12.9. The molecule has 1 heterocycles. The highest BCUT2D eigenvalue weighted by molar-refractivity contribution is 5.18. The van der Waals surface area contributed by atoms with Crippen molar-refractivity contribution in [3.63, 3.8) is 0 Å². The molecular formula is C16H18FN. The predicted molar refractivity (Wildman–Crippen MR) is 71.6 cm³/mol. The number of rotatable bonds is 2. The molecule has 2 atom stereocenters. The van der Waals surface area contributed by atoms with E-state index in [1.807, 2.05) is 12.1 Å². The largest absolute Gasteiger partial charge is 0.298 e. The Balaban J connectivity index is 1.63. The Morgan fingerprint density at radius 2 is 1.78 bits per heavy atom. The third-order valence-corrected chi connectivity index (χ3v) is 3.94. The molecule has 94 valence electrons. The highest BCUT2D eigenvalue weighted by Crippen LogP contribution is 2.29. The number of hydrogen-bond donors (Lipinski definition) is 0. The van der Waals surface area contributed by atoms with E-state index >= 15 is 0 Å². The molecule has 1 aliphatic heterocycles. The number of fused-ring (bicyclic) bond motifs is 1. The molecular weight excluding hydrogens is 225 g/mol. The van der Waals surface area contributed by atoms with Gasteiger partial charge in [-0.1, -0.05) is 36.4 Å². The number of hydrogen-bond acceptors (Lipinski definition) is 1. The molecule has 3 rings (SSSR count). The van der Waals surface area contributed by atoms with Crippen molar-refractivity contribution >= 4 is 0 Å². The third kappa shape index (κ3) is 2.54. The first kappa shape index (κ1) is 11.7. The van der Waals surface area contributed by atoms with Crippen LogP contribution in [-0.4, -0.2) is 18.0 Å². The molecule has 2 heteroatoms. The van der Waals surface area contributed by atoms with E-state index < -0.39 is 0 Å². The SMILES string of the molecule is Fc1ccc(CN2CCC3C=CC=CC3C2)cc1. The zero-order valence-electron chi connectivity index (χ0n) is 10.4. The first-order chi connectivity index (χ1) is 8.81. The molecule has 1 aromatic rings. The van der Waals surface area contributed by atoms with Gasteiger partial charge in [0.25, 0.3) is 0 Å². The summed E-state index contributed by atoms with van der Waals surface area (Å²) in [6.45, 7) is 3.18. The predicted octanol–water partition coefficient (Wildman–Crippen LogP) is 3.39. The second kappa shape index (κ2) is 5.07. The Kier molecular flexibility index (Phi) is 3.28. The number of nitrogens with zero attached hydrogens (tertiary/aromatic N) is 1. The summed E-state index contributed by atoms with van der Waals surface area (Å²) in [5.74, 6) is 1.22. The topological polar surface area (TPSA) is 3.24 Å². The minimum absolute atomic E-state index is 0.155. The minimum Gasteiger partial charge on any atom is -0.298 e. The lowest BCUT2D eigenvalue weighted by Crippen LogP contribution is -2.39. The standard InChI is InChI=1S/C16H18FN/c17-16-7-5-13(6-8-16)11-18-10-9-14-3-1-2-4-15(14)12-18/h1-8,14-15H,9-12H2. The Bertz CT molecular complexity index is 460. The van der Waals surface area contributed by atoms with Crippen molar-refractivity contribution in [2.75, 3.05) is 13.1 Å². The summed E-state index contributed by atoms with van der Waals surface area (Å²) < 4.78 is 12.9. The summed E-state index contributed by atoms with van der Waals surface area (Å²) in [7, 11) is 0. The number of allylic oxidation sites excluding steroid dienone is 3. The summed E-state index contributed by atoms with van der Waals surface area (Å²) >= 11 is 0. The maximum Gasteiger partial charge on any atom is 0.123 e. The second-order valence-corrected chi connectivity index (χ2v) is 5.25. The van der Waals surface area contributed by atoms with Gasteiger partial charge in [-0.2, -0.15) is 0 Å². The van der Waals surface area contributed by atoms with Crippen LogP contribution >= 0.6 is 0 Å². The summed E-state index contributed by atoms with van der Waals surface area (Å²) in [6, 6.07) is 6.87. The fraction of sp³-hybridized carbons (Fsp3) is 0.375. The van der Waals surface area contributed by atoms with Gasteiger partial charge in [0.2, 0.25) is 0 Å². The molecule has 1 aromatic carbocycles. The highest BCUT2D eigenvalue weighted by Gasteiger charge is 2.26. The maximum absolute atomic E-state index is 12.9. The molecule has 1 aliphatic carbocycles. The fourth-order valence-corrected chi connectivity index (χ4v) is 2.92. The van der Waals surface area contributed by atoms with Gasteiger partial charge in [0.15, 0.2) is 0 Å². The molecule has 0 amide bonds. The number of likely N-dealkylation sites (tertiary alicyclic amines) is 1. The lowest BCUT2D eigenvalue weighted by Gasteiger charge is -2.37. The molecule has 0 spiro atoms. The van der Waals surface area contributed by atoms with Crippen LogP contribution in [0.3, 0.4) is 0 Å². The lowest BCUT2D eigenvalue weighted by molar-refractivity contribution is 0.158. The third-order valence-electron chi connectivity index (χ3n) is 3.94.